The fourth-order valence-electron chi connectivity index (χ4n) is 2.70. The second kappa shape index (κ2) is 7.94. The monoisotopic (exact) mass is 305 g/mol. The van der Waals surface area contributed by atoms with E-state index in [-0.39, 0.29) is 12.3 Å². The van der Waals surface area contributed by atoms with Crippen LogP contribution in [0.25, 0.3) is 0 Å². The summed E-state index contributed by atoms with van der Waals surface area (Å²) in [5, 5.41) is 11.8. The lowest BCUT2D eigenvalue weighted by Crippen LogP contribution is -2.54. The maximum Gasteiger partial charge on any atom is 0.305 e. The maximum absolute atomic E-state index is 11.9. The molecule has 0 heterocycles. The quantitative estimate of drug-likeness (QED) is 0.687. The zero-order valence-electron chi connectivity index (χ0n) is 12.7. The number of rotatable bonds is 9. The van der Waals surface area contributed by atoms with Crippen LogP contribution < -0.4 is 5.32 Å². The van der Waals surface area contributed by atoms with Gasteiger partial charge in [-0.3, -0.25) is 9.59 Å². The highest BCUT2D eigenvalue weighted by molar-refractivity contribution is 5.78. The van der Waals surface area contributed by atoms with Gasteiger partial charge in [0, 0.05) is 13.0 Å². The maximum atomic E-state index is 11.9. The topological polar surface area (TPSA) is 75.6 Å². The fourth-order valence-corrected chi connectivity index (χ4v) is 2.70. The van der Waals surface area contributed by atoms with Crippen molar-refractivity contribution in [2.75, 3.05) is 6.61 Å². The molecule has 0 atom stereocenters. The first-order valence-electron chi connectivity index (χ1n) is 7.74. The summed E-state index contributed by atoms with van der Waals surface area (Å²) >= 11 is 0. The van der Waals surface area contributed by atoms with Crippen molar-refractivity contribution in [3.63, 3.8) is 0 Å². The van der Waals surface area contributed by atoms with Crippen LogP contribution in [0.2, 0.25) is 0 Å². The molecular weight excluding hydrogens is 282 g/mol. The Hall–Kier alpha value is -1.88. The molecule has 2 N–H and O–H groups in total. The van der Waals surface area contributed by atoms with Crippen molar-refractivity contribution in [2.45, 2.75) is 50.7 Å². The third-order valence-electron chi connectivity index (χ3n) is 4.01. The Morgan fingerprint density at radius 3 is 2.55 bits per heavy atom. The molecule has 5 heteroatoms. The molecule has 0 saturated heterocycles. The summed E-state index contributed by atoms with van der Waals surface area (Å²) in [6, 6.07) is 9.89. The molecule has 2 rings (SSSR count). The fraction of sp³-hybridized carbons (Fsp3) is 0.529. The van der Waals surface area contributed by atoms with Gasteiger partial charge in [0.2, 0.25) is 5.91 Å². The molecule has 120 valence electrons. The van der Waals surface area contributed by atoms with Crippen LogP contribution >= 0.6 is 0 Å². The van der Waals surface area contributed by atoms with Crippen LogP contribution in [0.5, 0.6) is 0 Å². The molecule has 1 aromatic carbocycles. The van der Waals surface area contributed by atoms with E-state index in [2.05, 4.69) is 5.32 Å². The van der Waals surface area contributed by atoms with Gasteiger partial charge in [-0.1, -0.05) is 30.3 Å². The normalized spacial score (nSPS) is 15.8. The van der Waals surface area contributed by atoms with Crippen LogP contribution in [0.15, 0.2) is 30.3 Å². The number of carboxylic acid groups (broad SMARTS) is 1. The van der Waals surface area contributed by atoms with Gasteiger partial charge >= 0.3 is 5.97 Å². The van der Waals surface area contributed by atoms with Gasteiger partial charge < -0.3 is 15.2 Å². The van der Waals surface area contributed by atoms with Crippen LogP contribution in [0.4, 0.5) is 0 Å². The van der Waals surface area contributed by atoms with Crippen LogP contribution in [0.3, 0.4) is 0 Å². The highest BCUT2D eigenvalue weighted by Gasteiger charge is 2.40. The number of nitrogens with one attached hydrogen (secondary N) is 1. The second-order valence-electron chi connectivity index (χ2n) is 5.89. The number of hydrogen-bond donors (Lipinski definition) is 2. The van der Waals surface area contributed by atoms with E-state index in [4.69, 9.17) is 9.84 Å². The van der Waals surface area contributed by atoms with Gasteiger partial charge in [0.05, 0.1) is 18.6 Å². The Kier molecular flexibility index (Phi) is 5.95. The molecule has 22 heavy (non-hydrogen) atoms. The summed E-state index contributed by atoms with van der Waals surface area (Å²) in [5.41, 5.74) is 0.607. The second-order valence-corrected chi connectivity index (χ2v) is 5.89. The predicted octanol–water partition coefficient (Wildman–Crippen LogP) is 2.50. The summed E-state index contributed by atoms with van der Waals surface area (Å²) in [4.78, 5) is 22.8. The number of carbonyl (C=O) groups is 2. The number of hydrogen-bond acceptors (Lipinski definition) is 3. The van der Waals surface area contributed by atoms with Crippen molar-refractivity contribution in [2.24, 2.45) is 0 Å². The standard InChI is InChI=1S/C17H23NO4/c19-15(18-17(9-5-10-17)12-16(20)21)8-4-11-22-13-14-6-2-1-3-7-14/h1-3,6-7H,4-5,8-13H2,(H,18,19)(H,20,21). The first-order chi connectivity index (χ1) is 10.6. The molecule has 1 saturated carbocycles. The third kappa shape index (κ3) is 5.15. The van der Waals surface area contributed by atoms with Gasteiger partial charge in [-0.2, -0.15) is 0 Å². The van der Waals surface area contributed by atoms with Gasteiger partial charge in [0.25, 0.3) is 0 Å². The Morgan fingerprint density at radius 1 is 1.23 bits per heavy atom. The molecule has 1 aliphatic carbocycles. The van der Waals surface area contributed by atoms with E-state index in [0.717, 1.165) is 24.8 Å². The van der Waals surface area contributed by atoms with Gasteiger partial charge in [0.1, 0.15) is 0 Å². The van der Waals surface area contributed by atoms with Crippen molar-refractivity contribution in [3.05, 3.63) is 35.9 Å². The average molecular weight is 305 g/mol. The van der Waals surface area contributed by atoms with Crippen molar-refractivity contribution >= 4 is 11.9 Å². The highest BCUT2D eigenvalue weighted by Crippen LogP contribution is 2.34. The van der Waals surface area contributed by atoms with Crippen molar-refractivity contribution in [1.82, 2.24) is 5.32 Å². The smallest absolute Gasteiger partial charge is 0.305 e. The van der Waals surface area contributed by atoms with Gasteiger partial charge in [0.15, 0.2) is 0 Å². The molecule has 1 fully saturated rings. The van der Waals surface area contributed by atoms with Crippen molar-refractivity contribution in [3.8, 4) is 0 Å². The lowest BCUT2D eigenvalue weighted by Gasteiger charge is -2.41. The molecular formula is C17H23NO4. The predicted molar refractivity (Wildman–Crippen MR) is 82.3 cm³/mol. The number of ether oxygens (including phenoxy) is 1. The van der Waals surface area contributed by atoms with Crippen LogP contribution in [0, 0.1) is 0 Å². The van der Waals surface area contributed by atoms with Crippen LogP contribution in [-0.2, 0) is 20.9 Å². The lowest BCUT2D eigenvalue weighted by molar-refractivity contribution is -0.140. The third-order valence-corrected chi connectivity index (χ3v) is 4.01. The SMILES string of the molecule is O=C(O)CC1(NC(=O)CCCOCc2ccccc2)CCC1. The minimum atomic E-state index is -0.855. The van der Waals surface area contributed by atoms with Crippen LogP contribution in [0.1, 0.15) is 44.1 Å². The number of carboxylic acids is 1. The van der Waals surface area contributed by atoms with E-state index in [1.807, 2.05) is 30.3 Å². The van der Waals surface area contributed by atoms with E-state index < -0.39 is 11.5 Å². The Bertz CT molecular complexity index is 497. The van der Waals surface area contributed by atoms with Crippen molar-refractivity contribution < 1.29 is 19.4 Å². The zero-order valence-corrected chi connectivity index (χ0v) is 12.7. The molecule has 1 amide bonds. The molecule has 0 spiro atoms. The molecule has 0 aromatic heterocycles. The Balaban J connectivity index is 1.60. The number of carbonyl (C=O) groups excluding carboxylic acids is 1. The molecule has 5 nitrogen and oxygen atoms in total. The zero-order chi connectivity index (χ0) is 15.8. The molecule has 0 unspecified atom stereocenters. The summed E-state index contributed by atoms with van der Waals surface area (Å²) in [6.07, 6.45) is 3.53. The number of amides is 1. The van der Waals surface area contributed by atoms with Gasteiger partial charge in [-0.25, -0.2) is 0 Å². The molecule has 0 radical (unpaired) electrons. The summed E-state index contributed by atoms with van der Waals surface area (Å²) in [5.74, 6) is -0.935. The minimum absolute atomic E-state index is 0.0171. The molecule has 1 aliphatic rings. The number of benzene rings is 1. The molecule has 0 bridgehead atoms. The van der Waals surface area contributed by atoms with Crippen molar-refractivity contribution in [1.29, 1.82) is 0 Å². The molecule has 1 aromatic rings. The van der Waals surface area contributed by atoms with E-state index in [1.54, 1.807) is 0 Å². The average Bonchev–Trinajstić information content (AvgIpc) is 2.45. The largest absolute Gasteiger partial charge is 0.481 e. The highest BCUT2D eigenvalue weighted by atomic mass is 16.5. The van der Waals surface area contributed by atoms with E-state index >= 15 is 0 Å². The van der Waals surface area contributed by atoms with E-state index in [0.29, 0.717) is 26.1 Å². The Labute approximate surface area is 130 Å². The first kappa shape index (κ1) is 16.5. The van der Waals surface area contributed by atoms with Gasteiger partial charge in [-0.15, -0.1) is 0 Å². The molecule has 0 aliphatic heterocycles. The van der Waals surface area contributed by atoms with Gasteiger partial charge in [-0.05, 0) is 31.2 Å². The number of aliphatic carboxylic acids is 1. The Morgan fingerprint density at radius 2 is 1.95 bits per heavy atom. The lowest BCUT2D eigenvalue weighted by atomic mass is 9.74. The summed E-state index contributed by atoms with van der Waals surface area (Å²) in [7, 11) is 0. The van der Waals surface area contributed by atoms with E-state index in [1.165, 1.54) is 0 Å². The first-order valence-corrected chi connectivity index (χ1v) is 7.74. The minimum Gasteiger partial charge on any atom is -0.481 e. The summed E-state index contributed by atoms with van der Waals surface area (Å²) < 4.78 is 5.53. The van der Waals surface area contributed by atoms with E-state index in [9.17, 15) is 9.59 Å². The van der Waals surface area contributed by atoms with Crippen LogP contribution in [-0.4, -0.2) is 29.1 Å². The summed E-state index contributed by atoms with van der Waals surface area (Å²) in [6.45, 7) is 1.07.